The van der Waals surface area contributed by atoms with Crippen molar-refractivity contribution in [2.75, 3.05) is 0 Å². The second kappa shape index (κ2) is 7.16. The lowest BCUT2D eigenvalue weighted by molar-refractivity contribution is -0.253. The average Bonchev–Trinajstić information content (AvgIpc) is 2.29. The Morgan fingerprint density at radius 3 is 2.53 bits per heavy atom. The molecule has 0 unspecified atom stereocenters. The molecule has 2 N–H and O–H groups in total. The first-order valence-corrected chi connectivity index (χ1v) is 4.94. The maximum Gasteiger partial charge on any atom is 0.461 e. The second-order valence-corrected chi connectivity index (χ2v) is 3.51. The lowest BCUT2D eigenvalue weighted by Crippen LogP contribution is -2.33. The van der Waals surface area contributed by atoms with Crippen molar-refractivity contribution in [2.24, 2.45) is 5.73 Å². The molecule has 1 aromatic rings. The van der Waals surface area contributed by atoms with E-state index in [1.807, 2.05) is 6.07 Å². The number of alkyl halides is 4. The molecule has 3 nitrogen and oxygen atoms in total. The molecule has 106 valence electrons. The van der Waals surface area contributed by atoms with Crippen molar-refractivity contribution >= 4 is 12.4 Å². The average molecular weight is 299 g/mol. The van der Waals surface area contributed by atoms with Gasteiger partial charge in [-0.3, -0.25) is 0 Å². The van der Waals surface area contributed by atoms with E-state index in [4.69, 9.17) is 11.0 Å². The predicted molar refractivity (Wildman–Crippen MR) is 62.4 cm³/mol. The number of benzene rings is 1. The molecule has 0 saturated carbocycles. The molecule has 0 fully saturated rings. The summed E-state index contributed by atoms with van der Waals surface area (Å²) in [5.41, 5.74) is 5.94. The van der Waals surface area contributed by atoms with E-state index < -0.39 is 24.3 Å². The molecular weight excluding hydrogens is 288 g/mol. The quantitative estimate of drug-likeness (QED) is 0.849. The first kappa shape index (κ1) is 17.5. The Hall–Kier alpha value is -1.52. The molecule has 1 rings (SSSR count). The number of nitriles is 1. The number of rotatable bonds is 5. The first-order valence-electron chi connectivity index (χ1n) is 4.94. The first-order chi connectivity index (χ1) is 8.36. The number of nitrogens with two attached hydrogens (primary N) is 1. The van der Waals surface area contributed by atoms with Gasteiger partial charge in [0.1, 0.15) is 5.75 Å². The predicted octanol–water partition coefficient (Wildman–Crippen LogP) is 3.26. The number of hydrogen-bond donors (Lipinski definition) is 1. The Morgan fingerprint density at radius 1 is 1.37 bits per heavy atom. The summed E-state index contributed by atoms with van der Waals surface area (Å²) in [7, 11) is 0. The van der Waals surface area contributed by atoms with Crippen LogP contribution in [0.1, 0.15) is 18.0 Å². The summed E-state index contributed by atoms with van der Waals surface area (Å²) in [6, 6.07) is 6.19. The topological polar surface area (TPSA) is 59.0 Å². The molecule has 19 heavy (non-hydrogen) atoms. The van der Waals surface area contributed by atoms with E-state index in [0.717, 1.165) is 12.1 Å². The van der Waals surface area contributed by atoms with Gasteiger partial charge in [0, 0.05) is 6.04 Å². The number of hydrogen-bond acceptors (Lipinski definition) is 3. The molecule has 1 atom stereocenters. The summed E-state index contributed by atoms with van der Waals surface area (Å²) in [5, 5.41) is 8.45. The number of halogens is 5. The smallest absolute Gasteiger partial charge is 0.428 e. The molecule has 0 heterocycles. The zero-order valence-corrected chi connectivity index (χ0v) is 10.3. The van der Waals surface area contributed by atoms with Crippen LogP contribution in [0, 0.1) is 11.3 Å². The molecule has 0 saturated heterocycles. The van der Waals surface area contributed by atoms with Crippen molar-refractivity contribution in [1.82, 2.24) is 0 Å². The second-order valence-electron chi connectivity index (χ2n) is 3.51. The number of nitrogens with zero attached hydrogens (tertiary/aromatic N) is 1. The Balaban J connectivity index is 0.00000324. The summed E-state index contributed by atoms with van der Waals surface area (Å²) in [5.74, 6) is -0.425. The van der Waals surface area contributed by atoms with Crippen molar-refractivity contribution in [2.45, 2.75) is 25.0 Å². The SMILES string of the molecule is Cl.N#CC[C@H](N)c1cccc(OC(F)(F)C(F)F)c1. The summed E-state index contributed by atoms with van der Waals surface area (Å²) in [6.07, 6.45) is -8.50. The molecule has 0 bridgehead atoms. The monoisotopic (exact) mass is 298 g/mol. The van der Waals surface area contributed by atoms with Gasteiger partial charge in [0.15, 0.2) is 0 Å². The zero-order chi connectivity index (χ0) is 13.8. The Labute approximate surface area is 113 Å². The van der Waals surface area contributed by atoms with Crippen LogP contribution in [0.25, 0.3) is 0 Å². The van der Waals surface area contributed by atoms with Gasteiger partial charge in [-0.2, -0.15) is 22.8 Å². The fraction of sp³-hybridized carbons (Fsp3) is 0.364. The van der Waals surface area contributed by atoms with E-state index in [1.165, 1.54) is 12.1 Å². The molecule has 1 aromatic carbocycles. The van der Waals surface area contributed by atoms with E-state index in [0.29, 0.717) is 5.56 Å². The van der Waals surface area contributed by atoms with Crippen LogP contribution < -0.4 is 10.5 Å². The van der Waals surface area contributed by atoms with Gasteiger partial charge in [-0.1, -0.05) is 12.1 Å². The highest BCUT2D eigenvalue weighted by atomic mass is 35.5. The van der Waals surface area contributed by atoms with E-state index in [-0.39, 0.29) is 18.8 Å². The van der Waals surface area contributed by atoms with Gasteiger partial charge in [0.05, 0.1) is 12.5 Å². The van der Waals surface area contributed by atoms with Gasteiger partial charge in [-0.05, 0) is 17.7 Å². The third-order valence-electron chi connectivity index (χ3n) is 2.11. The minimum atomic E-state index is -4.56. The van der Waals surface area contributed by atoms with Crippen LogP contribution in [0.5, 0.6) is 5.75 Å². The molecule has 0 spiro atoms. The van der Waals surface area contributed by atoms with Crippen molar-refractivity contribution in [3.05, 3.63) is 29.8 Å². The minimum absolute atomic E-state index is 0. The maximum absolute atomic E-state index is 12.7. The van der Waals surface area contributed by atoms with Crippen molar-refractivity contribution < 1.29 is 22.3 Å². The highest BCUT2D eigenvalue weighted by Gasteiger charge is 2.43. The third kappa shape index (κ3) is 4.93. The summed E-state index contributed by atoms with van der Waals surface area (Å²) in [4.78, 5) is 0. The Morgan fingerprint density at radius 2 is 2.00 bits per heavy atom. The van der Waals surface area contributed by atoms with Crippen LogP contribution in [0.2, 0.25) is 0 Å². The van der Waals surface area contributed by atoms with Crippen molar-refractivity contribution in [3.63, 3.8) is 0 Å². The molecule has 0 aliphatic rings. The molecule has 0 aromatic heterocycles. The van der Waals surface area contributed by atoms with E-state index in [1.54, 1.807) is 0 Å². The van der Waals surface area contributed by atoms with Gasteiger partial charge in [-0.25, -0.2) is 0 Å². The maximum atomic E-state index is 12.7. The van der Waals surface area contributed by atoms with E-state index >= 15 is 0 Å². The highest BCUT2D eigenvalue weighted by molar-refractivity contribution is 5.85. The molecular formula is C11H11ClF4N2O. The van der Waals surface area contributed by atoms with Crippen LogP contribution in [0.3, 0.4) is 0 Å². The van der Waals surface area contributed by atoms with Gasteiger partial charge >= 0.3 is 12.5 Å². The lowest BCUT2D eigenvalue weighted by atomic mass is 10.1. The normalized spacial score (nSPS) is 12.5. The van der Waals surface area contributed by atoms with Gasteiger partial charge in [0.25, 0.3) is 0 Å². The third-order valence-corrected chi connectivity index (χ3v) is 2.11. The fourth-order valence-electron chi connectivity index (χ4n) is 1.23. The lowest BCUT2D eigenvalue weighted by Gasteiger charge is -2.18. The molecule has 0 aliphatic heterocycles. The molecule has 8 heteroatoms. The van der Waals surface area contributed by atoms with Crippen LogP contribution in [-0.4, -0.2) is 12.5 Å². The standard InChI is InChI=1S/C11H10F4N2O.ClH/c12-10(13)11(14,15)18-8-3-1-2-7(6-8)9(17)4-5-16;/h1-3,6,9-10H,4,17H2;1H/t9-;/m0./s1. The van der Waals surface area contributed by atoms with Crippen LogP contribution >= 0.6 is 12.4 Å². The van der Waals surface area contributed by atoms with Gasteiger partial charge in [0.2, 0.25) is 0 Å². The van der Waals surface area contributed by atoms with Crippen LogP contribution in [0.15, 0.2) is 24.3 Å². The fourth-order valence-corrected chi connectivity index (χ4v) is 1.23. The molecule has 0 radical (unpaired) electrons. The summed E-state index contributed by atoms with van der Waals surface area (Å²) in [6.45, 7) is 0. The van der Waals surface area contributed by atoms with Gasteiger partial charge < -0.3 is 10.5 Å². The van der Waals surface area contributed by atoms with Crippen molar-refractivity contribution in [3.8, 4) is 11.8 Å². The summed E-state index contributed by atoms with van der Waals surface area (Å²) >= 11 is 0. The van der Waals surface area contributed by atoms with E-state index in [2.05, 4.69) is 4.74 Å². The van der Waals surface area contributed by atoms with E-state index in [9.17, 15) is 17.6 Å². The highest BCUT2D eigenvalue weighted by Crippen LogP contribution is 2.29. The van der Waals surface area contributed by atoms with Crippen LogP contribution in [0.4, 0.5) is 17.6 Å². The molecule has 0 aliphatic carbocycles. The van der Waals surface area contributed by atoms with Crippen molar-refractivity contribution in [1.29, 1.82) is 5.26 Å². The van der Waals surface area contributed by atoms with Crippen LogP contribution in [-0.2, 0) is 0 Å². The Bertz CT molecular complexity index is 451. The van der Waals surface area contributed by atoms with Gasteiger partial charge in [-0.15, -0.1) is 12.4 Å². The number of ether oxygens (including phenoxy) is 1. The minimum Gasteiger partial charge on any atom is -0.428 e. The Kier molecular flexibility index (Phi) is 6.59. The molecule has 0 amide bonds. The largest absolute Gasteiger partial charge is 0.461 e. The summed E-state index contributed by atoms with van der Waals surface area (Å²) < 4.78 is 53.1. The zero-order valence-electron chi connectivity index (χ0n) is 9.52.